The highest BCUT2D eigenvalue weighted by Gasteiger charge is 2.10. The van der Waals surface area contributed by atoms with Crippen molar-refractivity contribution in [2.45, 2.75) is 26.1 Å². The summed E-state index contributed by atoms with van der Waals surface area (Å²) in [5.41, 5.74) is 5.86. The average molecular weight is 358 g/mol. The van der Waals surface area contributed by atoms with Gasteiger partial charge in [-0.15, -0.1) is 0 Å². The summed E-state index contributed by atoms with van der Waals surface area (Å²) in [7, 11) is 0. The fraction of sp³-hybridized carbons (Fsp3) is 0.308. The van der Waals surface area contributed by atoms with E-state index in [1.54, 1.807) is 0 Å². The summed E-state index contributed by atoms with van der Waals surface area (Å²) in [5.74, 6) is 0. The Kier molecular flexibility index (Phi) is 3.73. The number of rotatable bonds is 2. The van der Waals surface area contributed by atoms with Crippen molar-refractivity contribution in [2.75, 3.05) is 0 Å². The molecule has 0 unspecified atom stereocenters. The standard InChI is InChI=1S/C13H14Br2N2/c1-8-6-12(5-4-11(8)7-14)17-10(3)13(15)9(2)16-17/h4-6H,7H2,1-3H3. The van der Waals surface area contributed by atoms with Gasteiger partial charge in [0.05, 0.1) is 21.5 Å². The topological polar surface area (TPSA) is 17.8 Å². The highest BCUT2D eigenvalue weighted by atomic mass is 79.9. The van der Waals surface area contributed by atoms with Crippen molar-refractivity contribution in [3.8, 4) is 5.69 Å². The van der Waals surface area contributed by atoms with Crippen LogP contribution < -0.4 is 0 Å². The van der Waals surface area contributed by atoms with Crippen LogP contribution in [0.2, 0.25) is 0 Å². The van der Waals surface area contributed by atoms with Crippen LogP contribution in [0.5, 0.6) is 0 Å². The molecule has 0 bridgehead atoms. The first-order valence-corrected chi connectivity index (χ1v) is 7.33. The largest absolute Gasteiger partial charge is 0.237 e. The van der Waals surface area contributed by atoms with Crippen LogP contribution in [-0.4, -0.2) is 9.78 Å². The predicted molar refractivity (Wildman–Crippen MR) is 78.1 cm³/mol. The summed E-state index contributed by atoms with van der Waals surface area (Å²) in [4.78, 5) is 0. The molecule has 0 aliphatic carbocycles. The Bertz CT molecular complexity index is 559. The molecular weight excluding hydrogens is 344 g/mol. The van der Waals surface area contributed by atoms with Crippen LogP contribution in [0.3, 0.4) is 0 Å². The number of halogens is 2. The molecule has 0 spiro atoms. The molecule has 0 fully saturated rings. The lowest BCUT2D eigenvalue weighted by Crippen LogP contribution is -2.00. The van der Waals surface area contributed by atoms with E-state index in [2.05, 4.69) is 69.0 Å². The van der Waals surface area contributed by atoms with E-state index in [4.69, 9.17) is 0 Å². The lowest BCUT2D eigenvalue weighted by atomic mass is 10.1. The molecule has 2 rings (SSSR count). The second kappa shape index (κ2) is 4.94. The van der Waals surface area contributed by atoms with Crippen LogP contribution in [0, 0.1) is 20.8 Å². The minimum absolute atomic E-state index is 0.889. The zero-order chi connectivity index (χ0) is 12.6. The summed E-state index contributed by atoms with van der Waals surface area (Å²) in [6.07, 6.45) is 0. The Morgan fingerprint density at radius 3 is 2.41 bits per heavy atom. The van der Waals surface area contributed by atoms with E-state index in [1.807, 2.05) is 11.6 Å². The molecular formula is C13H14Br2N2. The van der Waals surface area contributed by atoms with Crippen LogP contribution in [0.15, 0.2) is 22.7 Å². The number of hydrogen-bond donors (Lipinski definition) is 0. The van der Waals surface area contributed by atoms with E-state index >= 15 is 0 Å². The number of nitrogens with zero attached hydrogens (tertiary/aromatic N) is 2. The van der Waals surface area contributed by atoms with E-state index in [-0.39, 0.29) is 0 Å². The number of alkyl halides is 1. The maximum atomic E-state index is 4.53. The summed E-state index contributed by atoms with van der Waals surface area (Å²) in [6.45, 7) is 6.20. The maximum Gasteiger partial charge on any atom is 0.0743 e. The van der Waals surface area contributed by atoms with Crippen molar-refractivity contribution in [1.82, 2.24) is 9.78 Å². The van der Waals surface area contributed by atoms with Crippen molar-refractivity contribution >= 4 is 31.9 Å². The number of aryl methyl sites for hydroxylation is 2. The van der Waals surface area contributed by atoms with Crippen LogP contribution in [0.1, 0.15) is 22.5 Å². The molecule has 0 saturated carbocycles. The minimum atomic E-state index is 0.889. The van der Waals surface area contributed by atoms with Gasteiger partial charge in [-0.25, -0.2) is 4.68 Å². The number of benzene rings is 1. The zero-order valence-corrected chi connectivity index (χ0v) is 13.3. The molecule has 4 heteroatoms. The second-order valence-corrected chi connectivity index (χ2v) is 5.49. The fourth-order valence-corrected chi connectivity index (χ4v) is 2.71. The third-order valence-electron chi connectivity index (χ3n) is 2.92. The predicted octanol–water partition coefficient (Wildman–Crippen LogP) is 4.45. The highest BCUT2D eigenvalue weighted by Crippen LogP contribution is 2.24. The van der Waals surface area contributed by atoms with Gasteiger partial charge in [-0.1, -0.05) is 22.0 Å². The maximum absolute atomic E-state index is 4.53. The third kappa shape index (κ3) is 2.33. The van der Waals surface area contributed by atoms with Gasteiger partial charge in [-0.2, -0.15) is 5.10 Å². The molecule has 0 saturated heterocycles. The Morgan fingerprint density at radius 2 is 1.94 bits per heavy atom. The molecule has 0 N–H and O–H groups in total. The fourth-order valence-electron chi connectivity index (χ4n) is 1.84. The Morgan fingerprint density at radius 1 is 1.24 bits per heavy atom. The first kappa shape index (κ1) is 12.8. The van der Waals surface area contributed by atoms with E-state index < -0.39 is 0 Å². The van der Waals surface area contributed by atoms with Crippen LogP contribution in [-0.2, 0) is 5.33 Å². The molecule has 1 heterocycles. The molecule has 1 aromatic carbocycles. The number of aromatic nitrogens is 2. The van der Waals surface area contributed by atoms with Crippen molar-refractivity contribution in [3.05, 3.63) is 45.2 Å². The molecule has 1 aromatic heterocycles. The molecule has 0 amide bonds. The van der Waals surface area contributed by atoms with Crippen LogP contribution in [0.25, 0.3) is 5.69 Å². The van der Waals surface area contributed by atoms with Gasteiger partial charge in [0, 0.05) is 5.33 Å². The van der Waals surface area contributed by atoms with Gasteiger partial charge >= 0.3 is 0 Å². The van der Waals surface area contributed by atoms with Gasteiger partial charge in [0.25, 0.3) is 0 Å². The van der Waals surface area contributed by atoms with Gasteiger partial charge in [0.2, 0.25) is 0 Å². The molecule has 17 heavy (non-hydrogen) atoms. The Balaban J connectivity index is 2.53. The Hall–Kier alpha value is -0.610. The second-order valence-electron chi connectivity index (χ2n) is 4.14. The first-order valence-electron chi connectivity index (χ1n) is 5.42. The van der Waals surface area contributed by atoms with Gasteiger partial charge in [0.1, 0.15) is 0 Å². The summed E-state index contributed by atoms with van der Waals surface area (Å²) in [6, 6.07) is 6.42. The summed E-state index contributed by atoms with van der Waals surface area (Å²) in [5, 5.41) is 5.42. The third-order valence-corrected chi connectivity index (χ3v) is 4.67. The van der Waals surface area contributed by atoms with Crippen molar-refractivity contribution in [1.29, 1.82) is 0 Å². The lowest BCUT2D eigenvalue weighted by molar-refractivity contribution is 0.831. The van der Waals surface area contributed by atoms with Crippen molar-refractivity contribution in [3.63, 3.8) is 0 Å². The smallest absolute Gasteiger partial charge is 0.0743 e. The van der Waals surface area contributed by atoms with Gasteiger partial charge < -0.3 is 0 Å². The summed E-state index contributed by atoms with van der Waals surface area (Å²) >= 11 is 7.04. The van der Waals surface area contributed by atoms with E-state index in [0.29, 0.717) is 0 Å². The van der Waals surface area contributed by atoms with Crippen molar-refractivity contribution < 1.29 is 0 Å². The molecule has 90 valence electrons. The van der Waals surface area contributed by atoms with E-state index in [0.717, 1.165) is 26.9 Å². The molecule has 0 aliphatic rings. The molecule has 2 nitrogen and oxygen atoms in total. The molecule has 0 atom stereocenters. The Labute approximate surface area is 118 Å². The zero-order valence-electron chi connectivity index (χ0n) is 10.1. The van der Waals surface area contributed by atoms with Gasteiger partial charge in [-0.05, 0) is 60.0 Å². The normalized spacial score (nSPS) is 10.9. The first-order chi connectivity index (χ1) is 8.04. The molecule has 0 aliphatic heterocycles. The van der Waals surface area contributed by atoms with Gasteiger partial charge in [-0.3, -0.25) is 0 Å². The highest BCUT2D eigenvalue weighted by molar-refractivity contribution is 9.10. The van der Waals surface area contributed by atoms with Crippen LogP contribution in [0.4, 0.5) is 0 Å². The number of hydrogen-bond acceptors (Lipinski definition) is 1. The molecule has 0 radical (unpaired) electrons. The van der Waals surface area contributed by atoms with Crippen molar-refractivity contribution in [2.24, 2.45) is 0 Å². The van der Waals surface area contributed by atoms with E-state index in [1.165, 1.54) is 11.1 Å². The monoisotopic (exact) mass is 356 g/mol. The van der Waals surface area contributed by atoms with E-state index in [9.17, 15) is 0 Å². The lowest BCUT2D eigenvalue weighted by Gasteiger charge is -2.08. The molecule has 2 aromatic rings. The van der Waals surface area contributed by atoms with Gasteiger partial charge in [0.15, 0.2) is 0 Å². The minimum Gasteiger partial charge on any atom is -0.237 e. The SMILES string of the molecule is Cc1cc(-n2nc(C)c(Br)c2C)ccc1CBr. The summed E-state index contributed by atoms with van der Waals surface area (Å²) < 4.78 is 3.06. The quantitative estimate of drug-likeness (QED) is 0.726. The average Bonchev–Trinajstić information content (AvgIpc) is 2.57. The van der Waals surface area contributed by atoms with Crippen LogP contribution >= 0.6 is 31.9 Å².